The second kappa shape index (κ2) is 15.4. The van der Waals surface area contributed by atoms with E-state index in [9.17, 15) is 9.90 Å². The predicted molar refractivity (Wildman–Crippen MR) is 136 cm³/mol. The van der Waals surface area contributed by atoms with Gasteiger partial charge in [-0.05, 0) is 24.8 Å². The Bertz CT molecular complexity index is 657. The Hall–Kier alpha value is -1.39. The van der Waals surface area contributed by atoms with Gasteiger partial charge >= 0.3 is 0 Å². The quantitative estimate of drug-likeness (QED) is 0.213. The van der Waals surface area contributed by atoms with Crippen molar-refractivity contribution in [3.8, 4) is 0 Å². The van der Waals surface area contributed by atoms with Gasteiger partial charge in [0.05, 0.1) is 19.3 Å². The Morgan fingerprint density at radius 3 is 2.68 bits per heavy atom. The highest BCUT2D eigenvalue weighted by molar-refractivity contribution is 14.0. The Balaban J connectivity index is 0.00000480. The largest absolute Gasteiger partial charge is 0.389 e. The third kappa shape index (κ3) is 11.2. The summed E-state index contributed by atoms with van der Waals surface area (Å²) in [5.41, 5.74) is 1.25. The number of carbonyl (C=O) groups excluding carboxylic acids is 1. The Kier molecular flexibility index (Phi) is 13.7. The molecule has 2 unspecified atom stereocenters. The van der Waals surface area contributed by atoms with E-state index in [1.807, 2.05) is 30.0 Å². The number of benzene rings is 1. The highest BCUT2D eigenvalue weighted by atomic mass is 127. The summed E-state index contributed by atoms with van der Waals surface area (Å²) in [5.74, 6) is 1.59. The molecule has 0 radical (unpaired) electrons. The van der Waals surface area contributed by atoms with E-state index in [0.717, 1.165) is 26.1 Å². The zero-order valence-electron chi connectivity index (χ0n) is 19.0. The second-order valence-electron chi connectivity index (χ2n) is 8.33. The number of hydrogen-bond acceptors (Lipinski definition) is 4. The van der Waals surface area contributed by atoms with Crippen molar-refractivity contribution in [1.29, 1.82) is 0 Å². The fraction of sp³-hybridized carbons (Fsp3) is 0.652. The number of amides is 1. The summed E-state index contributed by atoms with van der Waals surface area (Å²) < 4.78 is 5.47. The molecule has 0 aromatic heterocycles. The highest BCUT2D eigenvalue weighted by Crippen LogP contribution is 2.17. The number of ether oxygens (including phenoxy) is 1. The van der Waals surface area contributed by atoms with Crippen molar-refractivity contribution in [3.05, 3.63) is 35.9 Å². The fourth-order valence-corrected chi connectivity index (χ4v) is 3.39. The van der Waals surface area contributed by atoms with Crippen LogP contribution in [0, 0.1) is 11.8 Å². The van der Waals surface area contributed by atoms with Gasteiger partial charge in [-0.1, -0.05) is 44.2 Å². The summed E-state index contributed by atoms with van der Waals surface area (Å²) in [5, 5.41) is 16.6. The normalized spacial score (nSPS) is 17.6. The van der Waals surface area contributed by atoms with E-state index in [1.54, 1.807) is 0 Å². The molecule has 8 heteroatoms. The first-order chi connectivity index (χ1) is 14.5. The molecule has 2 rings (SSSR count). The third-order valence-electron chi connectivity index (χ3n) is 4.93. The van der Waals surface area contributed by atoms with E-state index in [-0.39, 0.29) is 49.0 Å². The lowest BCUT2D eigenvalue weighted by Gasteiger charge is -2.18. The first kappa shape index (κ1) is 27.6. The lowest BCUT2D eigenvalue weighted by Crippen LogP contribution is -2.41. The lowest BCUT2D eigenvalue weighted by molar-refractivity contribution is -0.127. The molecule has 31 heavy (non-hydrogen) atoms. The van der Waals surface area contributed by atoms with Gasteiger partial charge in [-0.25, -0.2) is 0 Å². The van der Waals surface area contributed by atoms with Crippen LogP contribution in [0.5, 0.6) is 0 Å². The summed E-state index contributed by atoms with van der Waals surface area (Å²) in [7, 11) is 0. The molecule has 2 atom stereocenters. The molecule has 1 saturated heterocycles. The molecule has 176 valence electrons. The van der Waals surface area contributed by atoms with Crippen molar-refractivity contribution >= 4 is 35.8 Å². The smallest absolute Gasteiger partial charge is 0.223 e. The SMILES string of the molecule is CCNC(=NCC(O)COCC(C)C)NCC1CC(=O)N(CCc2ccccc2)C1.I. The van der Waals surface area contributed by atoms with Crippen LogP contribution in [-0.4, -0.2) is 73.9 Å². The zero-order valence-corrected chi connectivity index (χ0v) is 21.4. The van der Waals surface area contributed by atoms with Crippen LogP contribution in [0.25, 0.3) is 0 Å². The minimum Gasteiger partial charge on any atom is -0.389 e. The maximum absolute atomic E-state index is 12.3. The van der Waals surface area contributed by atoms with Crippen molar-refractivity contribution in [1.82, 2.24) is 15.5 Å². The molecule has 0 bridgehead atoms. The summed E-state index contributed by atoms with van der Waals surface area (Å²) >= 11 is 0. The minimum absolute atomic E-state index is 0. The standard InChI is InChI=1S/C23H38N4O3.HI/c1-4-24-23(26-14-21(28)17-30-16-18(2)3)25-13-20-12-22(29)27(15-20)11-10-19-8-6-5-7-9-19;/h5-9,18,20-21,28H,4,10-17H2,1-3H3,(H2,24,25,26);1H. The minimum atomic E-state index is -0.624. The number of hydrogen-bond donors (Lipinski definition) is 3. The molecule has 1 aliphatic rings. The lowest BCUT2D eigenvalue weighted by atomic mass is 10.1. The third-order valence-corrected chi connectivity index (χ3v) is 4.93. The Morgan fingerprint density at radius 1 is 1.26 bits per heavy atom. The molecule has 7 nitrogen and oxygen atoms in total. The van der Waals surface area contributed by atoms with E-state index in [0.29, 0.717) is 31.4 Å². The molecule has 1 aromatic carbocycles. The summed E-state index contributed by atoms with van der Waals surface area (Å²) in [4.78, 5) is 18.8. The van der Waals surface area contributed by atoms with Gasteiger partial charge in [-0.2, -0.15) is 0 Å². The monoisotopic (exact) mass is 546 g/mol. The zero-order chi connectivity index (χ0) is 21.8. The first-order valence-corrected chi connectivity index (χ1v) is 11.1. The van der Waals surface area contributed by atoms with Crippen LogP contribution < -0.4 is 10.6 Å². The van der Waals surface area contributed by atoms with Gasteiger partial charge in [-0.3, -0.25) is 9.79 Å². The van der Waals surface area contributed by atoms with Gasteiger partial charge in [0.15, 0.2) is 5.96 Å². The van der Waals surface area contributed by atoms with Crippen LogP contribution in [0.4, 0.5) is 0 Å². The average Bonchev–Trinajstić information content (AvgIpc) is 3.08. The molecular formula is C23H39IN4O3. The van der Waals surface area contributed by atoms with E-state index < -0.39 is 6.10 Å². The summed E-state index contributed by atoms with van der Waals surface area (Å²) in [6.45, 7) is 10.3. The number of rotatable bonds is 12. The van der Waals surface area contributed by atoms with Gasteiger partial charge in [0.1, 0.15) is 0 Å². The maximum Gasteiger partial charge on any atom is 0.223 e. The van der Waals surface area contributed by atoms with E-state index in [2.05, 4.69) is 41.6 Å². The molecule has 0 aliphatic carbocycles. The fourth-order valence-electron chi connectivity index (χ4n) is 3.39. The van der Waals surface area contributed by atoms with E-state index in [1.165, 1.54) is 5.56 Å². The van der Waals surface area contributed by atoms with Crippen LogP contribution in [0.15, 0.2) is 35.3 Å². The number of aliphatic hydroxyl groups is 1. The van der Waals surface area contributed by atoms with Crippen LogP contribution in [0.1, 0.15) is 32.8 Å². The average molecular weight is 546 g/mol. The van der Waals surface area contributed by atoms with E-state index >= 15 is 0 Å². The number of halogens is 1. The number of carbonyl (C=O) groups is 1. The molecule has 1 fully saturated rings. The molecule has 1 heterocycles. The van der Waals surface area contributed by atoms with Crippen molar-refractivity contribution in [2.24, 2.45) is 16.8 Å². The molecule has 1 aromatic rings. The van der Waals surface area contributed by atoms with Crippen LogP contribution in [0.2, 0.25) is 0 Å². The van der Waals surface area contributed by atoms with Crippen LogP contribution >= 0.6 is 24.0 Å². The first-order valence-electron chi connectivity index (χ1n) is 11.1. The van der Waals surface area contributed by atoms with Gasteiger partial charge < -0.3 is 25.4 Å². The molecule has 1 amide bonds. The summed E-state index contributed by atoms with van der Waals surface area (Å²) in [6.07, 6.45) is 0.821. The van der Waals surface area contributed by atoms with Crippen LogP contribution in [0.3, 0.4) is 0 Å². The number of aliphatic hydroxyl groups excluding tert-OH is 1. The van der Waals surface area contributed by atoms with Gasteiger partial charge in [0.2, 0.25) is 5.91 Å². The Labute approximate surface area is 204 Å². The number of nitrogens with zero attached hydrogens (tertiary/aromatic N) is 2. The molecule has 0 spiro atoms. The van der Waals surface area contributed by atoms with Crippen molar-refractivity contribution in [3.63, 3.8) is 0 Å². The van der Waals surface area contributed by atoms with Gasteiger partial charge in [-0.15, -0.1) is 24.0 Å². The highest BCUT2D eigenvalue weighted by Gasteiger charge is 2.29. The number of guanidine groups is 1. The number of likely N-dealkylation sites (tertiary alicyclic amines) is 1. The number of nitrogens with one attached hydrogen (secondary N) is 2. The molecule has 1 aliphatic heterocycles. The molecule has 3 N–H and O–H groups in total. The van der Waals surface area contributed by atoms with Crippen molar-refractivity contribution < 1.29 is 14.6 Å². The van der Waals surface area contributed by atoms with Crippen molar-refractivity contribution in [2.45, 2.75) is 39.7 Å². The second-order valence-corrected chi connectivity index (χ2v) is 8.33. The van der Waals surface area contributed by atoms with Gasteiger partial charge in [0.25, 0.3) is 0 Å². The van der Waals surface area contributed by atoms with Gasteiger partial charge in [0, 0.05) is 45.1 Å². The topological polar surface area (TPSA) is 86.2 Å². The van der Waals surface area contributed by atoms with Crippen molar-refractivity contribution in [2.75, 3.05) is 45.9 Å². The predicted octanol–water partition coefficient (Wildman–Crippen LogP) is 2.28. The van der Waals surface area contributed by atoms with E-state index in [4.69, 9.17) is 4.74 Å². The maximum atomic E-state index is 12.3. The molecular weight excluding hydrogens is 507 g/mol. The number of aliphatic imine (C=N–C) groups is 1. The molecule has 0 saturated carbocycles. The Morgan fingerprint density at radius 2 is 2.00 bits per heavy atom. The van der Waals surface area contributed by atoms with Crippen LogP contribution in [-0.2, 0) is 16.0 Å². The summed E-state index contributed by atoms with van der Waals surface area (Å²) in [6, 6.07) is 10.3.